The average molecular weight is 593 g/mol. The molecule has 1 N–H and O–H groups in total. The second kappa shape index (κ2) is 10.3. The monoisotopic (exact) mass is 591 g/mol. The number of nitrogens with zero attached hydrogens (tertiary/aromatic N) is 2. The first-order valence-corrected chi connectivity index (χ1v) is 14.4. The number of para-hydroxylation sites is 1. The number of hydrogen-bond donors (Lipinski definition) is 1. The van der Waals surface area contributed by atoms with E-state index in [1.807, 2.05) is 63.2 Å². The van der Waals surface area contributed by atoms with Crippen LogP contribution < -0.4 is 9.47 Å². The number of rotatable bonds is 6. The molecule has 1 fully saturated rings. The molecule has 1 aromatic heterocycles. The molecule has 2 aliphatic heterocycles. The molecule has 4 aromatic rings. The fraction of sp³-hybridized carbons (Fsp3) is 0.312. The van der Waals surface area contributed by atoms with Crippen LogP contribution in [0.5, 0.6) is 11.5 Å². The number of hydrogen-bond acceptors (Lipinski definition) is 4. The zero-order chi connectivity index (χ0) is 29.1. The van der Waals surface area contributed by atoms with Crippen LogP contribution >= 0.6 is 23.2 Å². The Morgan fingerprint density at radius 3 is 2.54 bits per heavy atom. The van der Waals surface area contributed by atoms with Crippen LogP contribution in [0.2, 0.25) is 10.0 Å². The number of ether oxygens (including phenoxy) is 2. The first-order chi connectivity index (χ1) is 19.6. The van der Waals surface area contributed by atoms with Gasteiger partial charge in [0.1, 0.15) is 6.54 Å². The average Bonchev–Trinajstić information content (AvgIpc) is 3.34. The number of halogens is 2. The van der Waals surface area contributed by atoms with Gasteiger partial charge >= 0.3 is 0 Å². The van der Waals surface area contributed by atoms with Crippen LogP contribution in [0.3, 0.4) is 0 Å². The van der Waals surface area contributed by atoms with E-state index in [2.05, 4.69) is 11.1 Å². The van der Waals surface area contributed by atoms with E-state index in [1.54, 1.807) is 29.0 Å². The fourth-order valence-electron chi connectivity index (χ4n) is 6.21. The number of carbonyl (C=O) groups is 2. The Labute approximate surface area is 248 Å². The third kappa shape index (κ3) is 4.52. The Morgan fingerprint density at radius 1 is 1.02 bits per heavy atom. The second-order valence-corrected chi connectivity index (χ2v) is 11.9. The summed E-state index contributed by atoms with van der Waals surface area (Å²) in [5.74, 6) is 0.837. The summed E-state index contributed by atoms with van der Waals surface area (Å²) in [5, 5.41) is 1.87. The van der Waals surface area contributed by atoms with Crippen LogP contribution in [-0.4, -0.2) is 52.9 Å². The Bertz CT molecular complexity index is 1680. The minimum atomic E-state index is -1.21. The highest BCUT2D eigenvalue weighted by Crippen LogP contribution is 2.49. The molecule has 41 heavy (non-hydrogen) atoms. The number of aromatic amines is 1. The maximum Gasteiger partial charge on any atom is 0.255 e. The molecule has 7 nitrogen and oxygen atoms in total. The van der Waals surface area contributed by atoms with E-state index in [9.17, 15) is 9.59 Å². The molecule has 2 aliphatic rings. The maximum atomic E-state index is 14.3. The maximum absolute atomic E-state index is 14.3. The summed E-state index contributed by atoms with van der Waals surface area (Å²) in [4.78, 5) is 35.0. The van der Waals surface area contributed by atoms with Crippen LogP contribution in [0.25, 0.3) is 10.9 Å². The van der Waals surface area contributed by atoms with Gasteiger partial charge in [0, 0.05) is 29.9 Å². The van der Waals surface area contributed by atoms with Gasteiger partial charge in [-0.3, -0.25) is 9.59 Å². The van der Waals surface area contributed by atoms with Crippen molar-refractivity contribution in [2.24, 2.45) is 0 Å². The van der Waals surface area contributed by atoms with Crippen molar-refractivity contribution in [1.29, 1.82) is 0 Å². The summed E-state index contributed by atoms with van der Waals surface area (Å²) in [5.41, 5.74) is 3.23. The lowest BCUT2D eigenvalue weighted by molar-refractivity contribution is -0.166. The largest absolute Gasteiger partial charge is 0.493 e. The van der Waals surface area contributed by atoms with Crippen LogP contribution in [-0.2, 0) is 21.7 Å². The van der Waals surface area contributed by atoms with Crippen molar-refractivity contribution in [3.63, 3.8) is 0 Å². The second-order valence-electron chi connectivity index (χ2n) is 11.1. The van der Waals surface area contributed by atoms with Gasteiger partial charge in [-0.1, -0.05) is 53.5 Å². The van der Waals surface area contributed by atoms with Gasteiger partial charge in [0.25, 0.3) is 5.91 Å². The minimum absolute atomic E-state index is 0.00538. The van der Waals surface area contributed by atoms with Crippen molar-refractivity contribution in [1.82, 2.24) is 14.8 Å². The van der Waals surface area contributed by atoms with Crippen LogP contribution in [0.15, 0.2) is 60.7 Å². The first kappa shape index (κ1) is 27.5. The molecule has 0 saturated carbocycles. The van der Waals surface area contributed by atoms with E-state index in [4.69, 9.17) is 32.7 Å². The number of methoxy groups -OCH3 is 1. The van der Waals surface area contributed by atoms with E-state index in [-0.39, 0.29) is 36.9 Å². The molecule has 3 aromatic carbocycles. The molecule has 0 bridgehead atoms. The highest BCUT2D eigenvalue weighted by Gasteiger charge is 2.56. The van der Waals surface area contributed by atoms with Crippen molar-refractivity contribution in [2.75, 3.05) is 20.2 Å². The highest BCUT2D eigenvalue weighted by atomic mass is 35.5. The molecule has 9 heteroatoms. The predicted octanol–water partition coefficient (Wildman–Crippen LogP) is 6.50. The molecule has 0 radical (unpaired) electrons. The van der Waals surface area contributed by atoms with Crippen molar-refractivity contribution in [3.8, 4) is 11.5 Å². The fourth-order valence-corrected chi connectivity index (χ4v) is 6.53. The Kier molecular flexibility index (Phi) is 6.91. The molecule has 0 unspecified atom stereocenters. The lowest BCUT2D eigenvalue weighted by Crippen LogP contribution is -2.67. The van der Waals surface area contributed by atoms with E-state index in [1.165, 1.54) is 0 Å². The van der Waals surface area contributed by atoms with E-state index in [0.29, 0.717) is 28.1 Å². The van der Waals surface area contributed by atoms with E-state index < -0.39 is 5.54 Å². The quantitative estimate of drug-likeness (QED) is 0.277. The van der Waals surface area contributed by atoms with Gasteiger partial charge in [-0.05, 0) is 67.8 Å². The predicted molar refractivity (Wildman–Crippen MR) is 160 cm³/mol. The third-order valence-corrected chi connectivity index (χ3v) is 8.87. The van der Waals surface area contributed by atoms with Crippen molar-refractivity contribution in [3.05, 3.63) is 93.1 Å². The molecule has 6 rings (SSSR count). The topological polar surface area (TPSA) is 74.9 Å². The standard InChI is InChI=1S/C32H31Cl2N3O4/c1-18(2)41-26-12-10-20(14-27(26)40-4)22-16-37-28(38)17-36(15-19-9-11-23(33)24(34)13-19)31(39)32(37,3)30-29(22)21-7-5-6-8-25(21)35-30/h5-14,18,22,35H,15-17H2,1-4H3/t22-,32-/m0/s1. The number of benzene rings is 3. The normalized spacial score (nSPS) is 20.4. The van der Waals surface area contributed by atoms with Gasteiger partial charge in [0.15, 0.2) is 17.0 Å². The van der Waals surface area contributed by atoms with Gasteiger partial charge in [-0.25, -0.2) is 0 Å². The van der Waals surface area contributed by atoms with Crippen molar-refractivity contribution in [2.45, 2.75) is 44.9 Å². The molecule has 3 heterocycles. The van der Waals surface area contributed by atoms with Crippen LogP contribution in [0, 0.1) is 0 Å². The number of amides is 2. The van der Waals surface area contributed by atoms with Crippen molar-refractivity contribution >= 4 is 45.9 Å². The zero-order valence-corrected chi connectivity index (χ0v) is 24.8. The Morgan fingerprint density at radius 2 is 1.80 bits per heavy atom. The van der Waals surface area contributed by atoms with Gasteiger partial charge in [-0.2, -0.15) is 0 Å². The number of carbonyl (C=O) groups excluding carboxylic acids is 2. The highest BCUT2D eigenvalue weighted by molar-refractivity contribution is 6.42. The smallest absolute Gasteiger partial charge is 0.255 e. The van der Waals surface area contributed by atoms with E-state index >= 15 is 0 Å². The molecule has 2 atom stereocenters. The Hall–Kier alpha value is -3.68. The molecular formula is C32H31Cl2N3O4. The number of piperazine rings is 1. The first-order valence-electron chi connectivity index (χ1n) is 13.6. The summed E-state index contributed by atoms with van der Waals surface area (Å²) in [7, 11) is 1.62. The van der Waals surface area contributed by atoms with Crippen molar-refractivity contribution < 1.29 is 19.1 Å². The van der Waals surface area contributed by atoms with Gasteiger partial charge < -0.3 is 24.3 Å². The SMILES string of the molecule is COc1cc([C@@H]2CN3C(=O)CN(Cc4ccc(Cl)c(Cl)c4)C(=O)[C@]3(C)c3[nH]c4ccccc4c32)ccc1OC(C)C. The van der Waals surface area contributed by atoms with Gasteiger partial charge in [0.2, 0.25) is 5.91 Å². The molecule has 0 aliphatic carbocycles. The summed E-state index contributed by atoms with van der Waals surface area (Å²) >= 11 is 12.3. The molecular weight excluding hydrogens is 561 g/mol. The lowest BCUT2D eigenvalue weighted by Gasteiger charge is -2.51. The summed E-state index contributed by atoms with van der Waals surface area (Å²) in [6.45, 7) is 6.36. The van der Waals surface area contributed by atoms with E-state index in [0.717, 1.165) is 33.3 Å². The van der Waals surface area contributed by atoms with Crippen LogP contribution in [0.1, 0.15) is 49.1 Å². The summed E-state index contributed by atoms with van der Waals surface area (Å²) in [6, 6.07) is 19.2. The van der Waals surface area contributed by atoms with Gasteiger partial charge in [-0.15, -0.1) is 0 Å². The van der Waals surface area contributed by atoms with Gasteiger partial charge in [0.05, 0.1) is 29.0 Å². The van der Waals surface area contributed by atoms with Crippen LogP contribution in [0.4, 0.5) is 0 Å². The number of fused-ring (bicyclic) bond motifs is 5. The molecule has 1 saturated heterocycles. The number of H-pyrrole nitrogens is 1. The number of nitrogens with one attached hydrogen (secondary N) is 1. The molecule has 0 spiro atoms. The third-order valence-electron chi connectivity index (χ3n) is 8.13. The summed E-state index contributed by atoms with van der Waals surface area (Å²) in [6.07, 6.45) is -0.00538. The summed E-state index contributed by atoms with van der Waals surface area (Å²) < 4.78 is 11.6. The minimum Gasteiger partial charge on any atom is -0.493 e. The number of aromatic nitrogens is 1. The Balaban J connectivity index is 1.46. The molecule has 2 amide bonds. The zero-order valence-electron chi connectivity index (χ0n) is 23.3. The lowest BCUT2D eigenvalue weighted by atomic mass is 9.76. The molecule has 212 valence electrons.